The zero-order valence-electron chi connectivity index (χ0n) is 12.8. The topological polar surface area (TPSA) is 42.0 Å². The van der Waals surface area contributed by atoms with E-state index in [4.69, 9.17) is 11.6 Å². The molecule has 24 heavy (non-hydrogen) atoms. The van der Waals surface area contributed by atoms with Gasteiger partial charge < -0.3 is 5.32 Å². The fourth-order valence-corrected chi connectivity index (χ4v) is 3.81. The highest BCUT2D eigenvalue weighted by Crippen LogP contribution is 2.49. The summed E-state index contributed by atoms with van der Waals surface area (Å²) in [7, 11) is 0. The lowest BCUT2D eigenvalue weighted by atomic mass is 9.95. The van der Waals surface area contributed by atoms with Crippen LogP contribution in [0.2, 0.25) is 5.02 Å². The molecule has 0 unspecified atom stereocenters. The number of carbonyl (C=O) groups is 1. The van der Waals surface area contributed by atoms with Crippen molar-refractivity contribution in [3.8, 4) is 11.3 Å². The van der Waals surface area contributed by atoms with Crippen LogP contribution in [-0.2, 0) is 10.2 Å². The van der Waals surface area contributed by atoms with Gasteiger partial charge in [0.2, 0.25) is 5.91 Å². The SMILES string of the molecule is O=C(Nc1nc(-c2ccccc2Cl)cs1)C1(c2ccccc2)CC1. The van der Waals surface area contributed by atoms with Gasteiger partial charge in [-0.2, -0.15) is 0 Å². The number of amides is 1. The summed E-state index contributed by atoms with van der Waals surface area (Å²) in [4.78, 5) is 17.3. The maximum atomic E-state index is 12.7. The van der Waals surface area contributed by atoms with Crippen molar-refractivity contribution in [3.63, 3.8) is 0 Å². The van der Waals surface area contributed by atoms with Gasteiger partial charge in [0.1, 0.15) is 0 Å². The van der Waals surface area contributed by atoms with E-state index in [1.54, 1.807) is 0 Å². The average molecular weight is 355 g/mol. The number of thiazole rings is 1. The number of anilines is 1. The van der Waals surface area contributed by atoms with Crippen molar-refractivity contribution in [3.05, 3.63) is 70.6 Å². The second-order valence-corrected chi connectivity index (χ2v) is 7.19. The van der Waals surface area contributed by atoms with Crippen LogP contribution in [0.5, 0.6) is 0 Å². The maximum absolute atomic E-state index is 12.7. The molecular weight excluding hydrogens is 340 g/mol. The number of benzene rings is 2. The molecule has 1 saturated carbocycles. The highest BCUT2D eigenvalue weighted by Gasteiger charge is 2.51. The molecule has 1 aliphatic rings. The lowest BCUT2D eigenvalue weighted by molar-refractivity contribution is -0.118. The molecular formula is C19H15ClN2OS. The first kappa shape index (κ1) is 15.4. The highest BCUT2D eigenvalue weighted by atomic mass is 35.5. The van der Waals surface area contributed by atoms with Gasteiger partial charge in [-0.3, -0.25) is 4.79 Å². The molecule has 0 bridgehead atoms. The minimum atomic E-state index is -0.391. The smallest absolute Gasteiger partial charge is 0.236 e. The van der Waals surface area contributed by atoms with Crippen LogP contribution in [0, 0.1) is 0 Å². The molecule has 1 aromatic heterocycles. The minimum Gasteiger partial charge on any atom is -0.301 e. The van der Waals surface area contributed by atoms with Gasteiger partial charge in [-0.15, -0.1) is 11.3 Å². The number of nitrogens with zero attached hydrogens (tertiary/aromatic N) is 1. The number of hydrogen-bond donors (Lipinski definition) is 1. The van der Waals surface area contributed by atoms with Gasteiger partial charge in [-0.25, -0.2) is 4.98 Å². The average Bonchev–Trinajstić information content (AvgIpc) is 3.31. The first-order chi connectivity index (χ1) is 11.7. The van der Waals surface area contributed by atoms with Crippen molar-refractivity contribution >= 4 is 34.0 Å². The largest absolute Gasteiger partial charge is 0.301 e. The van der Waals surface area contributed by atoms with E-state index in [1.807, 2.05) is 60.0 Å². The normalized spacial score (nSPS) is 15.0. The van der Waals surface area contributed by atoms with Crippen LogP contribution in [0.25, 0.3) is 11.3 Å². The molecule has 120 valence electrons. The number of nitrogens with one attached hydrogen (secondary N) is 1. The number of carbonyl (C=O) groups excluding carboxylic acids is 1. The summed E-state index contributed by atoms with van der Waals surface area (Å²) in [5.41, 5.74) is 2.34. The Morgan fingerprint density at radius 3 is 2.50 bits per heavy atom. The molecule has 5 heteroatoms. The number of rotatable bonds is 4. The molecule has 4 rings (SSSR count). The van der Waals surface area contributed by atoms with E-state index in [9.17, 15) is 4.79 Å². The number of halogens is 1. The fourth-order valence-electron chi connectivity index (χ4n) is 2.87. The van der Waals surface area contributed by atoms with Crippen molar-refractivity contribution in [2.24, 2.45) is 0 Å². The van der Waals surface area contributed by atoms with Gasteiger partial charge in [0, 0.05) is 16.0 Å². The van der Waals surface area contributed by atoms with Crippen LogP contribution in [0.3, 0.4) is 0 Å². The summed E-state index contributed by atoms with van der Waals surface area (Å²) < 4.78 is 0. The Kier molecular flexibility index (Phi) is 3.87. The standard InChI is InChI=1S/C19H15ClN2OS/c20-15-9-5-4-8-14(15)16-12-24-18(21-16)22-17(23)19(10-11-19)13-6-2-1-3-7-13/h1-9,12H,10-11H2,(H,21,22,23). The Balaban J connectivity index is 1.55. The summed E-state index contributed by atoms with van der Waals surface area (Å²) in [5, 5.41) is 6.16. The van der Waals surface area contributed by atoms with E-state index >= 15 is 0 Å². The number of hydrogen-bond acceptors (Lipinski definition) is 3. The van der Waals surface area contributed by atoms with Gasteiger partial charge in [-0.1, -0.05) is 60.1 Å². The lowest BCUT2D eigenvalue weighted by Gasteiger charge is -2.14. The van der Waals surface area contributed by atoms with E-state index < -0.39 is 5.41 Å². The van der Waals surface area contributed by atoms with Crippen molar-refractivity contribution in [2.45, 2.75) is 18.3 Å². The summed E-state index contributed by atoms with van der Waals surface area (Å²) in [5.74, 6) is 0.0220. The molecule has 1 fully saturated rings. The molecule has 1 heterocycles. The third-order valence-corrected chi connectivity index (χ3v) is 5.47. The van der Waals surface area contributed by atoms with E-state index in [1.165, 1.54) is 11.3 Å². The molecule has 1 amide bonds. The number of aromatic nitrogens is 1. The summed E-state index contributed by atoms with van der Waals surface area (Å²) >= 11 is 7.63. The Morgan fingerprint density at radius 1 is 1.08 bits per heavy atom. The quantitative estimate of drug-likeness (QED) is 0.705. The van der Waals surface area contributed by atoms with Crippen molar-refractivity contribution in [2.75, 3.05) is 5.32 Å². The molecule has 0 radical (unpaired) electrons. The van der Waals surface area contributed by atoms with Crippen LogP contribution >= 0.6 is 22.9 Å². The molecule has 3 aromatic rings. The fraction of sp³-hybridized carbons (Fsp3) is 0.158. The van der Waals surface area contributed by atoms with E-state index in [2.05, 4.69) is 10.3 Å². The molecule has 3 nitrogen and oxygen atoms in total. The van der Waals surface area contributed by atoms with Crippen molar-refractivity contribution < 1.29 is 4.79 Å². The van der Waals surface area contributed by atoms with Crippen LogP contribution in [0.1, 0.15) is 18.4 Å². The molecule has 1 N–H and O–H groups in total. The van der Waals surface area contributed by atoms with Crippen LogP contribution < -0.4 is 5.32 Å². The third-order valence-electron chi connectivity index (χ3n) is 4.39. The Hall–Kier alpha value is -2.17. The van der Waals surface area contributed by atoms with Crippen molar-refractivity contribution in [1.82, 2.24) is 4.98 Å². The second kappa shape index (κ2) is 6.04. The molecule has 0 spiro atoms. The minimum absolute atomic E-state index is 0.0220. The Labute approximate surface area is 149 Å². The second-order valence-electron chi connectivity index (χ2n) is 5.92. The van der Waals surface area contributed by atoms with Gasteiger partial charge in [-0.05, 0) is 24.5 Å². The summed E-state index contributed by atoms with van der Waals surface area (Å²) in [6.45, 7) is 0. The molecule has 0 aliphatic heterocycles. The zero-order chi connectivity index (χ0) is 16.6. The molecule has 1 aliphatic carbocycles. The van der Waals surface area contributed by atoms with Crippen molar-refractivity contribution in [1.29, 1.82) is 0 Å². The van der Waals surface area contributed by atoms with Crippen LogP contribution in [0.4, 0.5) is 5.13 Å². The molecule has 0 saturated heterocycles. The lowest BCUT2D eigenvalue weighted by Crippen LogP contribution is -2.27. The van der Waals surface area contributed by atoms with Gasteiger partial charge in [0.05, 0.1) is 11.1 Å². The predicted molar refractivity (Wildman–Crippen MR) is 98.5 cm³/mol. The zero-order valence-corrected chi connectivity index (χ0v) is 14.4. The summed E-state index contributed by atoms with van der Waals surface area (Å²) in [6.07, 6.45) is 1.76. The maximum Gasteiger partial charge on any atom is 0.236 e. The van der Waals surface area contributed by atoms with Gasteiger partial charge in [0.25, 0.3) is 0 Å². The van der Waals surface area contributed by atoms with Crippen LogP contribution in [0.15, 0.2) is 60.0 Å². The van der Waals surface area contributed by atoms with E-state index in [0.29, 0.717) is 10.2 Å². The Bertz CT molecular complexity index is 887. The predicted octanol–water partition coefficient (Wildman–Crippen LogP) is 5.13. The first-order valence-electron chi connectivity index (χ1n) is 7.76. The first-order valence-corrected chi connectivity index (χ1v) is 9.02. The third kappa shape index (κ3) is 2.72. The molecule has 2 aromatic carbocycles. The van der Waals surface area contributed by atoms with Gasteiger partial charge >= 0.3 is 0 Å². The Morgan fingerprint density at radius 2 is 1.79 bits per heavy atom. The van der Waals surface area contributed by atoms with E-state index in [0.717, 1.165) is 29.7 Å². The van der Waals surface area contributed by atoms with Crippen LogP contribution in [-0.4, -0.2) is 10.9 Å². The molecule has 0 atom stereocenters. The monoisotopic (exact) mass is 354 g/mol. The summed E-state index contributed by atoms with van der Waals surface area (Å²) in [6, 6.07) is 17.5. The van der Waals surface area contributed by atoms with Gasteiger partial charge in [0.15, 0.2) is 5.13 Å². The highest BCUT2D eigenvalue weighted by molar-refractivity contribution is 7.14. The van der Waals surface area contributed by atoms with E-state index in [-0.39, 0.29) is 5.91 Å².